The molecule has 0 bridgehead atoms. The predicted molar refractivity (Wildman–Crippen MR) is 92.2 cm³/mol. The maximum atomic E-state index is 12.5. The largest absolute Gasteiger partial charge is 0.466 e. The third kappa shape index (κ3) is 4.62. The second-order valence-electron chi connectivity index (χ2n) is 6.40. The number of aliphatic hydroxyl groups is 2. The van der Waals surface area contributed by atoms with Crippen LogP contribution in [0.2, 0.25) is 0 Å². The standard InChI is InChI=1S/C16H24N4O7/c1-3-8(2)9(6-26-7-21)18-14(24)13-11(22)12(23)15(27-13)20-5-4-10(17)19-16(20)25/h4-5,7-9,11-13,15,22-23H,3,6H2,1-2H3,(H,18,24)(H2,17,19,25)/t8-,9+,11-,12+,13-,15+/m0/s1. The van der Waals surface area contributed by atoms with Crippen LogP contribution in [0, 0.1) is 5.92 Å². The predicted octanol–water partition coefficient (Wildman–Crippen LogP) is -1.85. The van der Waals surface area contributed by atoms with Crippen LogP contribution in [0.3, 0.4) is 0 Å². The van der Waals surface area contributed by atoms with Gasteiger partial charge in [-0.1, -0.05) is 20.3 Å². The quantitative estimate of drug-likeness (QED) is 0.376. The van der Waals surface area contributed by atoms with Crippen LogP contribution in [-0.4, -0.2) is 63.1 Å². The fourth-order valence-electron chi connectivity index (χ4n) is 2.77. The number of nitrogens with two attached hydrogens (primary N) is 1. The van der Waals surface area contributed by atoms with Crippen molar-refractivity contribution in [2.45, 2.75) is 50.8 Å². The number of aromatic nitrogens is 2. The minimum absolute atomic E-state index is 0.00912. The number of carbonyl (C=O) groups excluding carboxylic acids is 2. The van der Waals surface area contributed by atoms with E-state index in [1.807, 2.05) is 13.8 Å². The van der Waals surface area contributed by atoms with Gasteiger partial charge in [0, 0.05) is 6.20 Å². The number of carbonyl (C=O) groups is 2. The fraction of sp³-hybridized carbons (Fsp3) is 0.625. The van der Waals surface area contributed by atoms with Crippen LogP contribution in [0.15, 0.2) is 17.1 Å². The average Bonchev–Trinajstić information content (AvgIpc) is 2.93. The molecule has 1 amide bonds. The number of nitrogen functional groups attached to an aromatic ring is 1. The van der Waals surface area contributed by atoms with Gasteiger partial charge < -0.3 is 30.7 Å². The lowest BCUT2D eigenvalue weighted by Crippen LogP contribution is -2.50. The van der Waals surface area contributed by atoms with Gasteiger partial charge in [-0.25, -0.2) is 4.79 Å². The van der Waals surface area contributed by atoms with Crippen molar-refractivity contribution in [3.8, 4) is 0 Å². The van der Waals surface area contributed by atoms with Crippen molar-refractivity contribution < 1.29 is 29.3 Å². The Hall–Kier alpha value is -2.50. The number of amides is 1. The average molecular weight is 384 g/mol. The van der Waals surface area contributed by atoms with Crippen molar-refractivity contribution in [3.63, 3.8) is 0 Å². The van der Waals surface area contributed by atoms with E-state index in [1.54, 1.807) is 0 Å². The van der Waals surface area contributed by atoms with Gasteiger partial charge in [-0.3, -0.25) is 14.2 Å². The Balaban J connectivity index is 2.14. The summed E-state index contributed by atoms with van der Waals surface area (Å²) in [6.45, 7) is 4.01. The van der Waals surface area contributed by atoms with E-state index in [2.05, 4.69) is 10.3 Å². The SMILES string of the molecule is CC[C@H](C)[C@@H](COC=O)NC(=O)[C@H]1O[C@@H](n2ccc(N)nc2=O)[C@H](O)[C@@H]1O. The summed E-state index contributed by atoms with van der Waals surface area (Å²) >= 11 is 0. The Morgan fingerprint density at radius 3 is 2.81 bits per heavy atom. The van der Waals surface area contributed by atoms with Crippen LogP contribution < -0.4 is 16.7 Å². The monoisotopic (exact) mass is 384 g/mol. The van der Waals surface area contributed by atoms with Crippen LogP contribution in [0.4, 0.5) is 5.82 Å². The van der Waals surface area contributed by atoms with Gasteiger partial charge in [0.25, 0.3) is 12.4 Å². The Kier molecular flexibility index (Phi) is 6.88. The molecule has 1 saturated heterocycles. The third-order valence-corrected chi connectivity index (χ3v) is 4.62. The maximum Gasteiger partial charge on any atom is 0.351 e. The minimum Gasteiger partial charge on any atom is -0.466 e. The van der Waals surface area contributed by atoms with E-state index in [-0.39, 0.29) is 24.8 Å². The number of nitrogens with zero attached hydrogens (tertiary/aromatic N) is 2. The van der Waals surface area contributed by atoms with Crippen molar-refractivity contribution >= 4 is 18.2 Å². The molecule has 2 rings (SSSR count). The fourth-order valence-corrected chi connectivity index (χ4v) is 2.77. The Labute approximate surface area is 155 Å². The van der Waals surface area contributed by atoms with Crippen molar-refractivity contribution in [1.29, 1.82) is 0 Å². The Morgan fingerprint density at radius 1 is 1.52 bits per heavy atom. The molecule has 0 aliphatic carbocycles. The molecular formula is C16H24N4O7. The second kappa shape index (κ2) is 8.93. The number of aliphatic hydroxyl groups excluding tert-OH is 2. The molecular weight excluding hydrogens is 360 g/mol. The summed E-state index contributed by atoms with van der Waals surface area (Å²) in [5, 5.41) is 23.1. The van der Waals surface area contributed by atoms with Crippen LogP contribution in [0.5, 0.6) is 0 Å². The molecule has 1 aliphatic heterocycles. The molecule has 150 valence electrons. The second-order valence-corrected chi connectivity index (χ2v) is 6.40. The normalized spacial score (nSPS) is 27.0. The summed E-state index contributed by atoms with van der Waals surface area (Å²) in [6, 6.07) is 0.827. The summed E-state index contributed by atoms with van der Waals surface area (Å²) in [6.07, 6.45) is -3.85. The molecule has 1 aromatic rings. The highest BCUT2D eigenvalue weighted by molar-refractivity contribution is 5.82. The molecule has 5 N–H and O–H groups in total. The van der Waals surface area contributed by atoms with Gasteiger partial charge in [0.1, 0.15) is 24.6 Å². The van der Waals surface area contributed by atoms with Crippen LogP contribution in [0.1, 0.15) is 26.5 Å². The molecule has 11 heteroatoms. The molecule has 27 heavy (non-hydrogen) atoms. The van der Waals surface area contributed by atoms with Gasteiger partial charge in [-0.05, 0) is 12.0 Å². The number of hydrogen-bond acceptors (Lipinski definition) is 9. The summed E-state index contributed by atoms with van der Waals surface area (Å²) < 4.78 is 11.1. The van der Waals surface area contributed by atoms with Crippen LogP contribution >= 0.6 is 0 Å². The first kappa shape index (κ1) is 20.8. The molecule has 0 radical (unpaired) electrons. The highest BCUT2D eigenvalue weighted by Crippen LogP contribution is 2.28. The Morgan fingerprint density at radius 2 is 2.22 bits per heavy atom. The van der Waals surface area contributed by atoms with Gasteiger partial charge in [0.05, 0.1) is 6.04 Å². The van der Waals surface area contributed by atoms with E-state index in [4.69, 9.17) is 15.2 Å². The van der Waals surface area contributed by atoms with Crippen molar-refractivity contribution in [1.82, 2.24) is 14.9 Å². The molecule has 0 spiro atoms. The van der Waals surface area contributed by atoms with E-state index in [1.165, 1.54) is 12.3 Å². The number of nitrogens with one attached hydrogen (secondary N) is 1. The molecule has 2 heterocycles. The number of ether oxygens (including phenoxy) is 2. The van der Waals surface area contributed by atoms with Crippen molar-refractivity contribution in [2.75, 3.05) is 12.3 Å². The Bertz CT molecular complexity index is 725. The minimum atomic E-state index is -1.57. The number of rotatable bonds is 8. The molecule has 1 aromatic heterocycles. The van der Waals surface area contributed by atoms with Gasteiger partial charge in [-0.15, -0.1) is 0 Å². The first-order valence-electron chi connectivity index (χ1n) is 8.52. The lowest BCUT2D eigenvalue weighted by molar-refractivity contribution is -0.141. The van der Waals surface area contributed by atoms with Crippen molar-refractivity contribution in [2.24, 2.45) is 5.92 Å². The zero-order valence-corrected chi connectivity index (χ0v) is 15.0. The summed E-state index contributed by atoms with van der Waals surface area (Å²) in [7, 11) is 0. The summed E-state index contributed by atoms with van der Waals surface area (Å²) in [5.41, 5.74) is 4.63. The topological polar surface area (TPSA) is 166 Å². The lowest BCUT2D eigenvalue weighted by Gasteiger charge is -2.25. The maximum absolute atomic E-state index is 12.5. The number of anilines is 1. The zero-order chi connectivity index (χ0) is 20.1. The van der Waals surface area contributed by atoms with Gasteiger partial charge in [0.2, 0.25) is 0 Å². The molecule has 6 atom stereocenters. The van der Waals surface area contributed by atoms with Crippen LogP contribution in [-0.2, 0) is 19.1 Å². The first-order chi connectivity index (χ1) is 12.8. The number of hydrogen-bond donors (Lipinski definition) is 4. The molecule has 0 saturated carbocycles. The van der Waals surface area contributed by atoms with Gasteiger partial charge in [-0.2, -0.15) is 4.98 Å². The summed E-state index contributed by atoms with van der Waals surface area (Å²) in [5.74, 6) is -0.720. The van der Waals surface area contributed by atoms with Crippen molar-refractivity contribution in [3.05, 3.63) is 22.7 Å². The van der Waals surface area contributed by atoms with E-state index < -0.39 is 42.2 Å². The van der Waals surface area contributed by atoms with E-state index in [9.17, 15) is 24.6 Å². The molecule has 0 aromatic carbocycles. The third-order valence-electron chi connectivity index (χ3n) is 4.62. The van der Waals surface area contributed by atoms with E-state index >= 15 is 0 Å². The van der Waals surface area contributed by atoms with E-state index in [0.717, 1.165) is 4.57 Å². The smallest absolute Gasteiger partial charge is 0.351 e. The van der Waals surface area contributed by atoms with Crippen LogP contribution in [0.25, 0.3) is 0 Å². The highest BCUT2D eigenvalue weighted by atomic mass is 16.6. The lowest BCUT2D eigenvalue weighted by atomic mass is 9.99. The van der Waals surface area contributed by atoms with Gasteiger partial charge in [0.15, 0.2) is 12.3 Å². The van der Waals surface area contributed by atoms with E-state index in [0.29, 0.717) is 6.42 Å². The molecule has 11 nitrogen and oxygen atoms in total. The first-order valence-corrected chi connectivity index (χ1v) is 8.52. The molecule has 1 aliphatic rings. The molecule has 1 fully saturated rings. The molecule has 0 unspecified atom stereocenters. The zero-order valence-electron chi connectivity index (χ0n) is 15.0. The van der Waals surface area contributed by atoms with Gasteiger partial charge >= 0.3 is 5.69 Å². The highest BCUT2D eigenvalue weighted by Gasteiger charge is 2.48. The summed E-state index contributed by atoms with van der Waals surface area (Å²) in [4.78, 5) is 38.4.